The fraction of sp³-hybridized carbons (Fsp3) is 0.185. The number of hydrogen-bond donors (Lipinski definition) is 0. The molecule has 0 unspecified atom stereocenters. The summed E-state index contributed by atoms with van der Waals surface area (Å²) < 4.78 is 4.04. The largest absolute Gasteiger partial charge is 0.308 e. The van der Waals surface area contributed by atoms with Gasteiger partial charge in [-0.25, -0.2) is 4.68 Å². The molecule has 5 rings (SSSR count). The molecule has 176 valence electrons. The third-order valence-corrected chi connectivity index (χ3v) is 6.84. The number of pyridine rings is 1. The zero-order valence-electron chi connectivity index (χ0n) is 19.8. The normalized spacial score (nSPS) is 11.3. The van der Waals surface area contributed by atoms with Gasteiger partial charge in [-0.1, -0.05) is 60.3 Å². The molecule has 0 radical (unpaired) electrons. The van der Waals surface area contributed by atoms with Crippen molar-refractivity contribution in [3.8, 4) is 16.9 Å². The molecule has 3 heterocycles. The zero-order valence-corrected chi connectivity index (χ0v) is 20.6. The van der Waals surface area contributed by atoms with Crippen LogP contribution in [0.3, 0.4) is 0 Å². The number of nitrogens with zero attached hydrogens (tertiary/aromatic N) is 7. The Labute approximate surface area is 209 Å². The van der Waals surface area contributed by atoms with Gasteiger partial charge in [0, 0.05) is 49.1 Å². The maximum absolute atomic E-state index is 4.93. The van der Waals surface area contributed by atoms with Crippen molar-refractivity contribution in [1.82, 2.24) is 34.4 Å². The molecule has 0 saturated heterocycles. The average Bonchev–Trinajstić information content (AvgIpc) is 3.48. The Morgan fingerprint density at radius 2 is 1.57 bits per heavy atom. The standard InChI is InChI=1S/C27H27N7S/c1-32(19-25-29-30-27(33(25)2)35-20-21-13-15-28-16-14-21)17-23-18-34(24-11-7-4-8-12-24)31-26(23)22-9-5-3-6-10-22/h3-16,18H,17,19-20H2,1-2H3. The molecule has 3 aromatic heterocycles. The third kappa shape index (κ3) is 5.50. The topological polar surface area (TPSA) is 64.7 Å². The second kappa shape index (κ2) is 10.7. The molecule has 0 fully saturated rings. The average molecular weight is 482 g/mol. The molecular formula is C27H27N7S. The molecule has 0 atom stereocenters. The molecular weight excluding hydrogens is 454 g/mol. The summed E-state index contributed by atoms with van der Waals surface area (Å²) >= 11 is 1.68. The van der Waals surface area contributed by atoms with Crippen molar-refractivity contribution in [2.24, 2.45) is 7.05 Å². The van der Waals surface area contributed by atoms with E-state index in [-0.39, 0.29) is 0 Å². The first-order valence-electron chi connectivity index (χ1n) is 11.5. The minimum Gasteiger partial charge on any atom is -0.308 e. The molecule has 8 heteroatoms. The smallest absolute Gasteiger partial charge is 0.191 e. The van der Waals surface area contributed by atoms with Crippen molar-refractivity contribution in [2.75, 3.05) is 7.05 Å². The highest BCUT2D eigenvalue weighted by molar-refractivity contribution is 7.98. The summed E-state index contributed by atoms with van der Waals surface area (Å²) in [6, 6.07) is 24.6. The zero-order chi connectivity index (χ0) is 24.0. The van der Waals surface area contributed by atoms with Gasteiger partial charge in [-0.05, 0) is 36.9 Å². The number of benzene rings is 2. The number of hydrogen-bond acceptors (Lipinski definition) is 6. The maximum atomic E-state index is 4.93. The molecule has 0 aliphatic rings. The van der Waals surface area contributed by atoms with E-state index >= 15 is 0 Å². The van der Waals surface area contributed by atoms with Crippen molar-refractivity contribution >= 4 is 11.8 Å². The third-order valence-electron chi connectivity index (χ3n) is 5.75. The predicted octanol–water partition coefficient (Wildman–Crippen LogP) is 4.99. The first-order valence-corrected chi connectivity index (χ1v) is 12.4. The quantitative estimate of drug-likeness (QED) is 0.277. The first kappa shape index (κ1) is 23.0. The molecule has 0 spiro atoms. The molecule has 0 bridgehead atoms. The Kier molecular flexibility index (Phi) is 7.02. The van der Waals surface area contributed by atoms with E-state index in [1.165, 1.54) is 5.56 Å². The highest BCUT2D eigenvalue weighted by atomic mass is 32.2. The molecule has 0 saturated carbocycles. The molecule has 5 aromatic rings. The van der Waals surface area contributed by atoms with Crippen LogP contribution in [-0.4, -0.2) is 41.5 Å². The Balaban J connectivity index is 1.32. The van der Waals surface area contributed by atoms with E-state index in [1.54, 1.807) is 11.8 Å². The lowest BCUT2D eigenvalue weighted by Gasteiger charge is -2.16. The lowest BCUT2D eigenvalue weighted by molar-refractivity contribution is 0.306. The summed E-state index contributed by atoms with van der Waals surface area (Å²) in [6.07, 6.45) is 5.76. The maximum Gasteiger partial charge on any atom is 0.191 e. The van der Waals surface area contributed by atoms with Gasteiger partial charge in [-0.3, -0.25) is 9.88 Å². The number of para-hydroxylation sites is 1. The summed E-state index contributed by atoms with van der Waals surface area (Å²) in [5.74, 6) is 1.77. The van der Waals surface area contributed by atoms with E-state index in [0.29, 0.717) is 6.54 Å². The molecule has 7 nitrogen and oxygen atoms in total. The van der Waals surface area contributed by atoms with Crippen LogP contribution in [0.25, 0.3) is 16.9 Å². The molecule has 0 aliphatic heterocycles. The monoisotopic (exact) mass is 481 g/mol. The van der Waals surface area contributed by atoms with Crippen LogP contribution >= 0.6 is 11.8 Å². The summed E-state index contributed by atoms with van der Waals surface area (Å²) in [7, 11) is 4.13. The van der Waals surface area contributed by atoms with Gasteiger partial charge in [0.05, 0.1) is 17.9 Å². The highest BCUT2D eigenvalue weighted by Crippen LogP contribution is 2.26. The van der Waals surface area contributed by atoms with Crippen LogP contribution in [0.1, 0.15) is 17.0 Å². The highest BCUT2D eigenvalue weighted by Gasteiger charge is 2.16. The van der Waals surface area contributed by atoms with Crippen molar-refractivity contribution in [3.05, 3.63) is 108 Å². The Morgan fingerprint density at radius 1 is 0.857 bits per heavy atom. The Morgan fingerprint density at radius 3 is 2.31 bits per heavy atom. The van der Waals surface area contributed by atoms with E-state index in [4.69, 9.17) is 5.10 Å². The molecule has 0 amide bonds. The number of thioether (sulfide) groups is 1. The first-order chi connectivity index (χ1) is 17.2. The van der Waals surface area contributed by atoms with E-state index in [1.807, 2.05) is 60.5 Å². The number of aromatic nitrogens is 6. The van der Waals surface area contributed by atoms with E-state index in [9.17, 15) is 0 Å². The molecule has 0 aliphatic carbocycles. The lowest BCUT2D eigenvalue weighted by atomic mass is 10.1. The molecule has 2 aromatic carbocycles. The van der Waals surface area contributed by atoms with Crippen LogP contribution in [-0.2, 0) is 25.9 Å². The van der Waals surface area contributed by atoms with Crippen LogP contribution in [0.5, 0.6) is 0 Å². The Hall–Kier alpha value is -3.75. The van der Waals surface area contributed by atoms with Crippen molar-refractivity contribution in [1.29, 1.82) is 0 Å². The minimum absolute atomic E-state index is 0.685. The predicted molar refractivity (Wildman–Crippen MR) is 139 cm³/mol. The van der Waals surface area contributed by atoms with Gasteiger partial charge >= 0.3 is 0 Å². The summed E-state index contributed by atoms with van der Waals surface area (Å²) in [5, 5.41) is 14.7. The van der Waals surface area contributed by atoms with Gasteiger partial charge in [-0.15, -0.1) is 10.2 Å². The van der Waals surface area contributed by atoms with Gasteiger partial charge in [0.15, 0.2) is 5.16 Å². The SMILES string of the molecule is CN(Cc1cn(-c2ccccc2)nc1-c1ccccc1)Cc1nnc(SCc2ccncc2)n1C. The fourth-order valence-corrected chi connectivity index (χ4v) is 4.79. The van der Waals surface area contributed by atoms with Gasteiger partial charge in [0.2, 0.25) is 0 Å². The van der Waals surface area contributed by atoms with Crippen LogP contribution in [0.4, 0.5) is 0 Å². The second-order valence-electron chi connectivity index (χ2n) is 8.42. The summed E-state index contributed by atoms with van der Waals surface area (Å²) in [5.41, 5.74) is 5.53. The minimum atomic E-state index is 0.685. The van der Waals surface area contributed by atoms with Crippen LogP contribution < -0.4 is 0 Å². The van der Waals surface area contributed by atoms with Gasteiger partial charge in [-0.2, -0.15) is 5.10 Å². The van der Waals surface area contributed by atoms with Gasteiger partial charge in [0.25, 0.3) is 0 Å². The van der Waals surface area contributed by atoms with E-state index in [2.05, 4.69) is 74.3 Å². The van der Waals surface area contributed by atoms with Crippen molar-refractivity contribution in [2.45, 2.75) is 24.0 Å². The van der Waals surface area contributed by atoms with Gasteiger partial charge < -0.3 is 4.57 Å². The lowest BCUT2D eigenvalue weighted by Crippen LogP contribution is -2.20. The summed E-state index contributed by atoms with van der Waals surface area (Å²) in [4.78, 5) is 6.33. The molecule has 35 heavy (non-hydrogen) atoms. The Bertz CT molecular complexity index is 1360. The van der Waals surface area contributed by atoms with Gasteiger partial charge in [0.1, 0.15) is 5.82 Å². The van der Waals surface area contributed by atoms with Crippen molar-refractivity contribution in [3.63, 3.8) is 0 Å². The second-order valence-corrected chi connectivity index (χ2v) is 9.37. The van der Waals surface area contributed by atoms with E-state index in [0.717, 1.165) is 45.8 Å². The summed E-state index contributed by atoms with van der Waals surface area (Å²) in [6.45, 7) is 1.42. The van der Waals surface area contributed by atoms with Crippen LogP contribution in [0.15, 0.2) is 96.5 Å². The number of rotatable bonds is 9. The molecule has 0 N–H and O–H groups in total. The van der Waals surface area contributed by atoms with Crippen LogP contribution in [0.2, 0.25) is 0 Å². The van der Waals surface area contributed by atoms with E-state index < -0.39 is 0 Å². The van der Waals surface area contributed by atoms with Crippen molar-refractivity contribution < 1.29 is 0 Å². The van der Waals surface area contributed by atoms with Crippen LogP contribution in [0, 0.1) is 0 Å². The fourth-order valence-electron chi connectivity index (χ4n) is 3.90.